The molecular weight excluding hydrogens is 289 g/mol. The molecule has 0 radical (unpaired) electrons. The van der Waals surface area contributed by atoms with E-state index in [2.05, 4.69) is 20.3 Å². The Balaban J connectivity index is 2.16. The fraction of sp³-hybridized carbons (Fsp3) is 0.500. The molecule has 6 N–H and O–H groups in total. The van der Waals surface area contributed by atoms with Gasteiger partial charge in [-0.15, -0.1) is 5.10 Å². The van der Waals surface area contributed by atoms with Gasteiger partial charge in [-0.2, -0.15) is 9.97 Å². The van der Waals surface area contributed by atoms with Crippen LogP contribution in [0.3, 0.4) is 0 Å². The van der Waals surface area contributed by atoms with E-state index in [0.29, 0.717) is 11.2 Å². The molecule has 0 aliphatic rings. The molecule has 0 saturated heterocycles. The summed E-state index contributed by atoms with van der Waals surface area (Å²) in [5, 5.41) is 7.66. The van der Waals surface area contributed by atoms with E-state index in [9.17, 15) is 4.57 Å². The Morgan fingerprint density at radius 3 is 2.75 bits per heavy atom. The molecule has 1 unspecified atom stereocenters. The molecular formula is C8H14N7O4P. The van der Waals surface area contributed by atoms with Crippen LogP contribution in [0.25, 0.3) is 11.2 Å². The van der Waals surface area contributed by atoms with Crippen LogP contribution >= 0.6 is 7.60 Å². The lowest BCUT2D eigenvalue weighted by molar-refractivity contribution is 0.0735. The molecule has 11 nitrogen and oxygen atoms in total. The fourth-order valence-electron chi connectivity index (χ4n) is 1.54. The maximum Gasteiger partial charge on any atom is 0.350 e. The first kappa shape index (κ1) is 14.6. The highest BCUT2D eigenvalue weighted by Gasteiger charge is 2.18. The molecule has 2 heterocycles. The van der Waals surface area contributed by atoms with Crippen LogP contribution in [0.1, 0.15) is 6.92 Å². The number of ether oxygens (including phenoxy) is 1. The van der Waals surface area contributed by atoms with E-state index >= 15 is 0 Å². The quantitative estimate of drug-likeness (QED) is 0.497. The lowest BCUT2D eigenvalue weighted by Gasteiger charge is -2.13. The molecule has 1 atom stereocenters. The summed E-state index contributed by atoms with van der Waals surface area (Å²) in [4.78, 5) is 25.2. The first-order valence-corrected chi connectivity index (χ1v) is 7.34. The minimum absolute atomic E-state index is 0.0117. The van der Waals surface area contributed by atoms with Crippen molar-refractivity contribution < 1.29 is 19.1 Å². The highest BCUT2D eigenvalue weighted by molar-refractivity contribution is 7.51. The molecule has 0 amide bonds. The zero-order valence-corrected chi connectivity index (χ0v) is 11.4. The predicted octanol–water partition coefficient (Wildman–Crippen LogP) is -1.07. The third-order valence-corrected chi connectivity index (χ3v) is 2.85. The maximum absolute atomic E-state index is 10.7. The third-order valence-electron chi connectivity index (χ3n) is 2.36. The van der Waals surface area contributed by atoms with Crippen LogP contribution in [0, 0.1) is 0 Å². The van der Waals surface area contributed by atoms with Gasteiger partial charge in [0.05, 0.1) is 12.6 Å². The summed E-state index contributed by atoms with van der Waals surface area (Å²) >= 11 is 0. The van der Waals surface area contributed by atoms with Crippen molar-refractivity contribution in [2.45, 2.75) is 19.6 Å². The Labute approximate surface area is 113 Å². The van der Waals surface area contributed by atoms with Gasteiger partial charge in [0, 0.05) is 0 Å². The molecule has 12 heteroatoms. The van der Waals surface area contributed by atoms with E-state index in [-0.39, 0.29) is 18.3 Å². The summed E-state index contributed by atoms with van der Waals surface area (Å²) in [7, 11) is -4.21. The fourth-order valence-corrected chi connectivity index (χ4v) is 1.99. The van der Waals surface area contributed by atoms with E-state index in [4.69, 9.17) is 26.0 Å². The van der Waals surface area contributed by atoms with Crippen LogP contribution in [0.15, 0.2) is 0 Å². The Morgan fingerprint density at radius 1 is 1.40 bits per heavy atom. The first-order valence-electron chi connectivity index (χ1n) is 5.54. The van der Waals surface area contributed by atoms with Crippen molar-refractivity contribution >= 4 is 30.5 Å². The number of anilines is 2. The average Bonchev–Trinajstić information content (AvgIpc) is 2.69. The molecule has 0 bridgehead atoms. The second-order valence-electron chi connectivity index (χ2n) is 4.18. The van der Waals surface area contributed by atoms with E-state index < -0.39 is 20.0 Å². The summed E-state index contributed by atoms with van der Waals surface area (Å²) < 4.78 is 17.1. The predicted molar refractivity (Wildman–Crippen MR) is 69.4 cm³/mol. The van der Waals surface area contributed by atoms with Crippen LogP contribution in [0.2, 0.25) is 0 Å². The Bertz CT molecular complexity index is 668. The Morgan fingerprint density at radius 2 is 2.10 bits per heavy atom. The molecule has 0 aromatic carbocycles. The Kier molecular flexibility index (Phi) is 3.86. The van der Waals surface area contributed by atoms with Crippen molar-refractivity contribution in [3.63, 3.8) is 0 Å². The maximum atomic E-state index is 10.7. The summed E-state index contributed by atoms with van der Waals surface area (Å²) in [6, 6.07) is 0. The zero-order chi connectivity index (χ0) is 14.9. The Hall–Kier alpha value is -1.81. The van der Waals surface area contributed by atoms with Gasteiger partial charge >= 0.3 is 7.60 Å². The van der Waals surface area contributed by atoms with Gasteiger partial charge in [-0.25, -0.2) is 4.68 Å². The third kappa shape index (κ3) is 3.39. The molecule has 0 spiro atoms. The monoisotopic (exact) mass is 303 g/mol. The molecule has 2 aromatic heterocycles. The zero-order valence-electron chi connectivity index (χ0n) is 10.5. The molecule has 0 aliphatic carbocycles. The van der Waals surface area contributed by atoms with E-state index in [1.807, 2.05) is 0 Å². The van der Waals surface area contributed by atoms with Crippen molar-refractivity contribution in [2.75, 3.05) is 17.8 Å². The van der Waals surface area contributed by atoms with Crippen molar-refractivity contribution in [3.05, 3.63) is 0 Å². The number of nitrogens with zero attached hydrogens (tertiary/aromatic N) is 5. The number of fused-ring (bicyclic) bond motifs is 1. The number of rotatable bonds is 5. The SMILES string of the molecule is CC(Cn1nnc2c(N)nc(N)nc21)OCP(=O)(O)O. The largest absolute Gasteiger partial charge is 0.382 e. The molecule has 0 fully saturated rings. The highest BCUT2D eigenvalue weighted by atomic mass is 31.2. The minimum Gasteiger partial charge on any atom is -0.382 e. The second kappa shape index (κ2) is 5.29. The van der Waals surface area contributed by atoms with Crippen LogP contribution in [0.4, 0.5) is 11.8 Å². The summed E-state index contributed by atoms with van der Waals surface area (Å²) in [6.07, 6.45) is -1.18. The van der Waals surface area contributed by atoms with Crippen LogP contribution < -0.4 is 11.5 Å². The normalized spacial score (nSPS) is 13.8. The van der Waals surface area contributed by atoms with Gasteiger partial charge in [-0.3, -0.25) is 4.57 Å². The van der Waals surface area contributed by atoms with E-state index in [1.165, 1.54) is 4.68 Å². The van der Waals surface area contributed by atoms with Crippen LogP contribution in [-0.4, -0.2) is 47.2 Å². The van der Waals surface area contributed by atoms with Gasteiger partial charge in [-0.1, -0.05) is 5.21 Å². The van der Waals surface area contributed by atoms with Gasteiger partial charge in [0.15, 0.2) is 17.0 Å². The standard InChI is InChI=1S/C8H14N7O4P/c1-4(19-3-20(16,17)18)2-15-7-5(13-14-15)6(9)11-8(10)12-7/h4H,2-3H2,1H3,(H2,16,17,18)(H4,9,10,11,12). The van der Waals surface area contributed by atoms with Gasteiger partial charge in [-0.05, 0) is 6.92 Å². The number of hydrogen-bond donors (Lipinski definition) is 4. The highest BCUT2D eigenvalue weighted by Crippen LogP contribution is 2.34. The van der Waals surface area contributed by atoms with Crippen molar-refractivity contribution in [1.29, 1.82) is 0 Å². The lowest BCUT2D eigenvalue weighted by atomic mass is 10.4. The molecule has 2 aromatic rings. The second-order valence-corrected chi connectivity index (χ2v) is 5.77. The number of hydrogen-bond acceptors (Lipinski definition) is 8. The van der Waals surface area contributed by atoms with Crippen molar-refractivity contribution in [2.24, 2.45) is 0 Å². The van der Waals surface area contributed by atoms with E-state index in [1.54, 1.807) is 6.92 Å². The first-order chi connectivity index (χ1) is 9.26. The van der Waals surface area contributed by atoms with Gasteiger partial charge in [0.2, 0.25) is 5.95 Å². The summed E-state index contributed by atoms with van der Waals surface area (Å²) in [5.41, 5.74) is 11.8. The number of nitrogens with two attached hydrogens (primary N) is 2. The molecule has 0 saturated carbocycles. The summed E-state index contributed by atoms with van der Waals surface area (Å²) in [5.74, 6) is 0.102. The van der Waals surface area contributed by atoms with Gasteiger partial charge in [0.25, 0.3) is 0 Å². The number of aromatic nitrogens is 5. The minimum atomic E-state index is -4.21. The molecule has 0 aliphatic heterocycles. The van der Waals surface area contributed by atoms with Gasteiger partial charge < -0.3 is 26.0 Å². The smallest absolute Gasteiger partial charge is 0.350 e. The number of nitrogen functional groups attached to an aromatic ring is 2. The van der Waals surface area contributed by atoms with Crippen molar-refractivity contribution in [1.82, 2.24) is 25.0 Å². The molecule has 20 heavy (non-hydrogen) atoms. The van der Waals surface area contributed by atoms with E-state index in [0.717, 1.165) is 0 Å². The van der Waals surface area contributed by atoms with Crippen molar-refractivity contribution in [3.8, 4) is 0 Å². The average molecular weight is 303 g/mol. The van der Waals surface area contributed by atoms with Crippen LogP contribution in [-0.2, 0) is 15.8 Å². The van der Waals surface area contributed by atoms with Gasteiger partial charge in [0.1, 0.15) is 6.35 Å². The lowest BCUT2D eigenvalue weighted by Crippen LogP contribution is -2.18. The molecule has 2 rings (SSSR count). The molecule has 110 valence electrons. The van der Waals surface area contributed by atoms with Crippen LogP contribution in [0.5, 0.6) is 0 Å². The topological polar surface area (TPSA) is 175 Å². The summed E-state index contributed by atoms with van der Waals surface area (Å²) in [6.45, 7) is 1.82.